The molecule has 2 fully saturated rings. The Morgan fingerprint density at radius 1 is 1.36 bits per heavy atom. The highest BCUT2D eigenvalue weighted by molar-refractivity contribution is 4.89. The van der Waals surface area contributed by atoms with E-state index < -0.39 is 0 Å². The first-order valence-corrected chi connectivity index (χ1v) is 6.10. The molecule has 0 saturated heterocycles. The van der Waals surface area contributed by atoms with E-state index in [2.05, 4.69) is 12.2 Å². The van der Waals surface area contributed by atoms with Crippen LogP contribution in [0.3, 0.4) is 0 Å². The summed E-state index contributed by atoms with van der Waals surface area (Å²) in [7, 11) is 0. The summed E-state index contributed by atoms with van der Waals surface area (Å²) in [6.45, 7) is 3.69. The van der Waals surface area contributed by atoms with Crippen molar-refractivity contribution < 1.29 is 5.11 Å². The van der Waals surface area contributed by atoms with E-state index in [0.717, 1.165) is 12.5 Å². The minimum absolute atomic E-state index is 0.225. The third kappa shape index (κ3) is 2.29. The maximum absolute atomic E-state index is 9.44. The normalized spacial score (nSPS) is 27.9. The fourth-order valence-electron chi connectivity index (χ4n) is 2.66. The van der Waals surface area contributed by atoms with Crippen molar-refractivity contribution in [1.29, 1.82) is 0 Å². The topological polar surface area (TPSA) is 32.3 Å². The molecule has 0 heterocycles. The predicted molar refractivity (Wildman–Crippen MR) is 58.2 cm³/mol. The van der Waals surface area contributed by atoms with Gasteiger partial charge in [0.2, 0.25) is 0 Å². The van der Waals surface area contributed by atoms with Gasteiger partial charge in [0.25, 0.3) is 0 Å². The van der Waals surface area contributed by atoms with Gasteiger partial charge in [-0.15, -0.1) is 0 Å². The number of rotatable bonds is 5. The first-order chi connectivity index (χ1) is 6.76. The molecule has 0 amide bonds. The van der Waals surface area contributed by atoms with Gasteiger partial charge in [-0.1, -0.05) is 12.8 Å². The van der Waals surface area contributed by atoms with Gasteiger partial charge in [0.15, 0.2) is 0 Å². The summed E-state index contributed by atoms with van der Waals surface area (Å²) in [5, 5.41) is 13.1. The summed E-state index contributed by atoms with van der Waals surface area (Å²) in [6.07, 6.45) is 7.85. The van der Waals surface area contributed by atoms with Crippen LogP contribution in [0.1, 0.15) is 45.4 Å². The maximum Gasteiger partial charge on any atom is 0.0499 e. The van der Waals surface area contributed by atoms with Crippen LogP contribution in [0.25, 0.3) is 0 Å². The smallest absolute Gasteiger partial charge is 0.0499 e. The standard InChI is InChI=1S/C12H23NO/c1-10(11-4-5-11)13-8-12(9-14)6-2-3-7-12/h10-11,13-14H,2-9H2,1H3. The Balaban J connectivity index is 1.76. The average Bonchev–Trinajstić information content (AvgIpc) is 2.95. The van der Waals surface area contributed by atoms with Crippen molar-refractivity contribution in [2.75, 3.05) is 13.2 Å². The zero-order valence-corrected chi connectivity index (χ0v) is 9.26. The minimum Gasteiger partial charge on any atom is -0.396 e. The van der Waals surface area contributed by atoms with Gasteiger partial charge in [-0.25, -0.2) is 0 Å². The Morgan fingerprint density at radius 2 is 2.00 bits per heavy atom. The minimum atomic E-state index is 0.225. The summed E-state index contributed by atoms with van der Waals surface area (Å²) in [5.41, 5.74) is 0.225. The molecule has 1 unspecified atom stereocenters. The van der Waals surface area contributed by atoms with E-state index in [1.54, 1.807) is 0 Å². The molecule has 14 heavy (non-hydrogen) atoms. The number of nitrogens with one attached hydrogen (secondary N) is 1. The summed E-state index contributed by atoms with van der Waals surface area (Å²) in [6, 6.07) is 0.666. The van der Waals surface area contributed by atoms with Gasteiger partial charge >= 0.3 is 0 Å². The number of aliphatic hydroxyl groups excluding tert-OH is 1. The molecule has 2 nitrogen and oxygen atoms in total. The lowest BCUT2D eigenvalue weighted by Gasteiger charge is -2.28. The highest BCUT2D eigenvalue weighted by atomic mass is 16.3. The molecular weight excluding hydrogens is 174 g/mol. The maximum atomic E-state index is 9.44. The summed E-state index contributed by atoms with van der Waals surface area (Å²) in [4.78, 5) is 0. The molecule has 2 aliphatic rings. The lowest BCUT2D eigenvalue weighted by Crippen LogP contribution is -2.40. The molecule has 0 aromatic carbocycles. The van der Waals surface area contributed by atoms with E-state index in [1.165, 1.54) is 38.5 Å². The monoisotopic (exact) mass is 197 g/mol. The molecule has 2 N–H and O–H groups in total. The third-order valence-electron chi connectivity index (χ3n) is 4.13. The van der Waals surface area contributed by atoms with Crippen molar-refractivity contribution in [3.05, 3.63) is 0 Å². The quantitative estimate of drug-likeness (QED) is 0.706. The van der Waals surface area contributed by atoms with Crippen LogP contribution in [0.5, 0.6) is 0 Å². The molecule has 1 atom stereocenters. The second-order valence-corrected chi connectivity index (χ2v) is 5.37. The van der Waals surface area contributed by atoms with Crippen LogP contribution in [0.2, 0.25) is 0 Å². The van der Waals surface area contributed by atoms with Gasteiger partial charge in [-0.2, -0.15) is 0 Å². The lowest BCUT2D eigenvalue weighted by molar-refractivity contribution is 0.124. The third-order valence-corrected chi connectivity index (χ3v) is 4.13. The fraction of sp³-hybridized carbons (Fsp3) is 1.00. The molecule has 2 aliphatic carbocycles. The van der Waals surface area contributed by atoms with Gasteiger partial charge in [-0.3, -0.25) is 0 Å². The van der Waals surface area contributed by atoms with E-state index in [1.807, 2.05) is 0 Å². The van der Waals surface area contributed by atoms with Gasteiger partial charge in [-0.05, 0) is 38.5 Å². The molecule has 0 aliphatic heterocycles. The molecular formula is C12H23NO. The Bertz CT molecular complexity index is 183. The van der Waals surface area contributed by atoms with Gasteiger partial charge in [0.05, 0.1) is 0 Å². The Morgan fingerprint density at radius 3 is 2.50 bits per heavy atom. The molecule has 2 saturated carbocycles. The van der Waals surface area contributed by atoms with Crippen molar-refractivity contribution >= 4 is 0 Å². The summed E-state index contributed by atoms with van der Waals surface area (Å²) >= 11 is 0. The molecule has 0 aromatic heterocycles. The first-order valence-electron chi connectivity index (χ1n) is 6.10. The number of aliphatic hydroxyl groups is 1. The average molecular weight is 197 g/mol. The zero-order chi connectivity index (χ0) is 10.0. The first kappa shape index (κ1) is 10.4. The Hall–Kier alpha value is -0.0800. The Kier molecular flexibility index (Phi) is 3.13. The van der Waals surface area contributed by atoms with Gasteiger partial charge in [0.1, 0.15) is 0 Å². The SMILES string of the molecule is CC(NCC1(CO)CCCC1)C1CC1. The van der Waals surface area contributed by atoms with E-state index in [4.69, 9.17) is 0 Å². The number of hydrogen-bond donors (Lipinski definition) is 2. The molecule has 0 spiro atoms. The van der Waals surface area contributed by atoms with E-state index in [0.29, 0.717) is 12.6 Å². The summed E-state index contributed by atoms with van der Waals surface area (Å²) in [5.74, 6) is 0.923. The van der Waals surface area contributed by atoms with Crippen molar-refractivity contribution in [2.24, 2.45) is 11.3 Å². The van der Waals surface area contributed by atoms with Crippen molar-refractivity contribution in [1.82, 2.24) is 5.32 Å². The van der Waals surface area contributed by atoms with Crippen LogP contribution >= 0.6 is 0 Å². The van der Waals surface area contributed by atoms with Gasteiger partial charge in [0, 0.05) is 24.6 Å². The number of hydrogen-bond acceptors (Lipinski definition) is 2. The predicted octanol–water partition coefficient (Wildman–Crippen LogP) is 1.93. The second kappa shape index (κ2) is 4.19. The molecule has 0 radical (unpaired) electrons. The summed E-state index contributed by atoms with van der Waals surface area (Å²) < 4.78 is 0. The second-order valence-electron chi connectivity index (χ2n) is 5.37. The van der Waals surface area contributed by atoms with E-state index in [9.17, 15) is 5.11 Å². The molecule has 0 aromatic rings. The van der Waals surface area contributed by atoms with Crippen LogP contribution in [0, 0.1) is 11.3 Å². The lowest BCUT2D eigenvalue weighted by atomic mass is 9.87. The van der Waals surface area contributed by atoms with Gasteiger partial charge < -0.3 is 10.4 Å². The fourth-order valence-corrected chi connectivity index (χ4v) is 2.66. The highest BCUT2D eigenvalue weighted by Gasteiger charge is 2.35. The van der Waals surface area contributed by atoms with Crippen LogP contribution in [0.15, 0.2) is 0 Å². The van der Waals surface area contributed by atoms with Crippen molar-refractivity contribution in [3.8, 4) is 0 Å². The van der Waals surface area contributed by atoms with Crippen LogP contribution in [0.4, 0.5) is 0 Å². The van der Waals surface area contributed by atoms with Crippen LogP contribution in [-0.2, 0) is 0 Å². The van der Waals surface area contributed by atoms with E-state index in [-0.39, 0.29) is 5.41 Å². The van der Waals surface area contributed by atoms with Crippen LogP contribution in [-0.4, -0.2) is 24.3 Å². The van der Waals surface area contributed by atoms with E-state index >= 15 is 0 Å². The molecule has 2 heteroatoms. The molecule has 2 rings (SSSR count). The van der Waals surface area contributed by atoms with Crippen molar-refractivity contribution in [2.45, 2.75) is 51.5 Å². The largest absolute Gasteiger partial charge is 0.396 e. The van der Waals surface area contributed by atoms with Crippen LogP contribution < -0.4 is 5.32 Å². The molecule has 82 valence electrons. The van der Waals surface area contributed by atoms with Crippen molar-refractivity contribution in [3.63, 3.8) is 0 Å². The zero-order valence-electron chi connectivity index (χ0n) is 9.26. The molecule has 0 bridgehead atoms. The highest BCUT2D eigenvalue weighted by Crippen LogP contribution is 2.38. The Labute approximate surface area is 87.1 Å².